The molecular formula is C16H20N4O3S. The van der Waals surface area contributed by atoms with Gasteiger partial charge in [-0.1, -0.05) is 0 Å². The minimum atomic E-state index is -2.92. The van der Waals surface area contributed by atoms with Crippen LogP contribution in [0.2, 0.25) is 0 Å². The Morgan fingerprint density at radius 2 is 2.17 bits per heavy atom. The molecule has 1 aliphatic heterocycles. The van der Waals surface area contributed by atoms with Crippen molar-refractivity contribution in [2.75, 3.05) is 18.1 Å². The number of sulfone groups is 1. The highest BCUT2D eigenvalue weighted by atomic mass is 32.2. The van der Waals surface area contributed by atoms with Crippen LogP contribution in [0.3, 0.4) is 0 Å². The molecule has 2 aromatic heterocycles. The number of aryl methyl sites for hydroxylation is 2. The molecule has 1 fully saturated rings. The van der Waals surface area contributed by atoms with Crippen LogP contribution in [0.25, 0.3) is 5.82 Å². The van der Waals surface area contributed by atoms with Gasteiger partial charge in [-0.2, -0.15) is 5.10 Å². The first-order chi connectivity index (χ1) is 11.3. The highest BCUT2D eigenvalue weighted by Crippen LogP contribution is 2.17. The van der Waals surface area contributed by atoms with Gasteiger partial charge in [0.05, 0.1) is 22.8 Å². The molecular weight excluding hydrogens is 328 g/mol. The second-order valence-corrected chi connectivity index (χ2v) is 8.45. The quantitative estimate of drug-likeness (QED) is 0.891. The number of carbonyl (C=O) groups is 1. The zero-order valence-electron chi connectivity index (χ0n) is 13.7. The zero-order valence-corrected chi connectivity index (χ0v) is 14.5. The molecule has 0 aromatic carbocycles. The van der Waals surface area contributed by atoms with Gasteiger partial charge < -0.3 is 5.32 Å². The van der Waals surface area contributed by atoms with E-state index in [2.05, 4.69) is 15.4 Å². The number of nitrogens with one attached hydrogen (secondary N) is 1. The van der Waals surface area contributed by atoms with Crippen LogP contribution in [0, 0.1) is 19.8 Å². The van der Waals surface area contributed by atoms with E-state index in [9.17, 15) is 13.2 Å². The van der Waals surface area contributed by atoms with Crippen molar-refractivity contribution in [3.05, 3.63) is 41.3 Å². The van der Waals surface area contributed by atoms with E-state index >= 15 is 0 Å². The Morgan fingerprint density at radius 3 is 2.71 bits per heavy atom. The molecule has 1 N–H and O–H groups in total. The van der Waals surface area contributed by atoms with Crippen LogP contribution < -0.4 is 5.32 Å². The molecule has 0 spiro atoms. The summed E-state index contributed by atoms with van der Waals surface area (Å²) in [6, 6.07) is 5.39. The summed E-state index contributed by atoms with van der Waals surface area (Å²) in [5, 5.41) is 7.14. The molecule has 128 valence electrons. The Hall–Kier alpha value is -2.22. The molecule has 7 nitrogen and oxygen atoms in total. The van der Waals surface area contributed by atoms with Gasteiger partial charge in [0.25, 0.3) is 5.91 Å². The summed E-state index contributed by atoms with van der Waals surface area (Å²) in [6.45, 7) is 4.23. The highest BCUT2D eigenvalue weighted by molar-refractivity contribution is 7.91. The number of nitrogens with zero attached hydrogens (tertiary/aromatic N) is 3. The summed E-state index contributed by atoms with van der Waals surface area (Å²) in [5.74, 6) is 0.779. The van der Waals surface area contributed by atoms with E-state index in [-0.39, 0.29) is 23.3 Å². The maximum atomic E-state index is 12.2. The van der Waals surface area contributed by atoms with Gasteiger partial charge in [-0.25, -0.2) is 18.1 Å². The first-order valence-corrected chi connectivity index (χ1v) is 9.64. The predicted molar refractivity (Wildman–Crippen MR) is 89.9 cm³/mol. The molecule has 1 atom stereocenters. The van der Waals surface area contributed by atoms with Gasteiger partial charge in [-0.15, -0.1) is 0 Å². The lowest BCUT2D eigenvalue weighted by Crippen LogP contribution is -2.29. The molecule has 1 amide bonds. The van der Waals surface area contributed by atoms with Gasteiger partial charge in [0.15, 0.2) is 15.7 Å². The monoisotopic (exact) mass is 348 g/mol. The number of pyridine rings is 1. The van der Waals surface area contributed by atoms with Crippen molar-refractivity contribution in [2.24, 2.45) is 5.92 Å². The van der Waals surface area contributed by atoms with E-state index in [4.69, 9.17) is 0 Å². The van der Waals surface area contributed by atoms with Gasteiger partial charge in [-0.05, 0) is 44.4 Å². The molecule has 1 aliphatic rings. The van der Waals surface area contributed by atoms with E-state index in [1.165, 1.54) is 6.20 Å². The first kappa shape index (κ1) is 16.6. The minimum Gasteiger partial charge on any atom is -0.352 e. The first-order valence-electron chi connectivity index (χ1n) is 7.82. The smallest absolute Gasteiger partial charge is 0.252 e. The molecule has 0 bridgehead atoms. The normalized spacial score (nSPS) is 19.3. The van der Waals surface area contributed by atoms with Gasteiger partial charge >= 0.3 is 0 Å². The van der Waals surface area contributed by atoms with Crippen molar-refractivity contribution in [1.82, 2.24) is 20.1 Å². The Labute approximate surface area is 141 Å². The summed E-state index contributed by atoms with van der Waals surface area (Å²) in [5.41, 5.74) is 2.32. The molecule has 1 saturated heterocycles. The van der Waals surface area contributed by atoms with E-state index in [0.717, 1.165) is 11.4 Å². The molecule has 0 aliphatic carbocycles. The predicted octanol–water partition coefficient (Wildman–Crippen LogP) is 1.05. The summed E-state index contributed by atoms with van der Waals surface area (Å²) >= 11 is 0. The summed E-state index contributed by atoms with van der Waals surface area (Å²) in [6.07, 6.45) is 2.12. The lowest BCUT2D eigenvalue weighted by atomic mass is 10.1. The van der Waals surface area contributed by atoms with E-state index in [1.807, 2.05) is 19.9 Å². The standard InChI is InChI=1S/C16H20N4O3S/c1-11-7-12(2)20(19-11)15-4-3-14(9-17-15)16(21)18-8-13-5-6-24(22,23)10-13/h3-4,7,9,13H,5-6,8,10H2,1-2H3,(H,18,21). The van der Waals surface area contributed by atoms with Crippen LogP contribution >= 0.6 is 0 Å². The summed E-state index contributed by atoms with van der Waals surface area (Å²) in [4.78, 5) is 16.4. The van der Waals surface area contributed by atoms with Crippen LogP contribution in [0.4, 0.5) is 0 Å². The SMILES string of the molecule is Cc1cc(C)n(-c2ccc(C(=O)NCC3CCS(=O)(=O)C3)cn2)n1. The lowest BCUT2D eigenvalue weighted by Gasteiger charge is -2.10. The van der Waals surface area contributed by atoms with Crippen molar-refractivity contribution < 1.29 is 13.2 Å². The molecule has 24 heavy (non-hydrogen) atoms. The van der Waals surface area contributed by atoms with Crippen molar-refractivity contribution in [1.29, 1.82) is 0 Å². The molecule has 3 heterocycles. The third kappa shape index (κ3) is 3.64. The number of hydrogen-bond acceptors (Lipinski definition) is 5. The van der Waals surface area contributed by atoms with Crippen molar-refractivity contribution in [3.8, 4) is 5.82 Å². The van der Waals surface area contributed by atoms with Gasteiger partial charge in [0.2, 0.25) is 0 Å². The van der Waals surface area contributed by atoms with E-state index in [0.29, 0.717) is 24.3 Å². The lowest BCUT2D eigenvalue weighted by molar-refractivity contribution is 0.0948. The Balaban J connectivity index is 1.63. The maximum absolute atomic E-state index is 12.2. The van der Waals surface area contributed by atoms with Crippen molar-refractivity contribution >= 4 is 15.7 Å². The molecule has 8 heteroatoms. The highest BCUT2D eigenvalue weighted by Gasteiger charge is 2.28. The number of rotatable bonds is 4. The number of carbonyl (C=O) groups excluding carboxylic acids is 1. The van der Waals surface area contributed by atoms with Gasteiger partial charge in [0.1, 0.15) is 0 Å². The topological polar surface area (TPSA) is 94.0 Å². The Bertz CT molecular complexity index is 856. The minimum absolute atomic E-state index is 0.000816. The average molecular weight is 348 g/mol. The molecule has 0 radical (unpaired) electrons. The Morgan fingerprint density at radius 1 is 1.38 bits per heavy atom. The van der Waals surface area contributed by atoms with Crippen molar-refractivity contribution in [2.45, 2.75) is 20.3 Å². The second kappa shape index (κ2) is 6.35. The zero-order chi connectivity index (χ0) is 17.3. The van der Waals surface area contributed by atoms with E-state index < -0.39 is 9.84 Å². The van der Waals surface area contributed by atoms with Gasteiger partial charge in [0, 0.05) is 18.4 Å². The molecule has 1 unspecified atom stereocenters. The second-order valence-electron chi connectivity index (χ2n) is 6.22. The van der Waals surface area contributed by atoms with Crippen LogP contribution in [0.15, 0.2) is 24.4 Å². The Kier molecular flexibility index (Phi) is 4.40. The number of aromatic nitrogens is 3. The van der Waals surface area contributed by atoms with Crippen LogP contribution in [0.5, 0.6) is 0 Å². The fourth-order valence-corrected chi connectivity index (χ4v) is 4.74. The molecule has 3 rings (SSSR count). The van der Waals surface area contributed by atoms with Crippen LogP contribution in [0.1, 0.15) is 28.2 Å². The average Bonchev–Trinajstić information content (AvgIpc) is 3.06. The molecule has 2 aromatic rings. The summed E-state index contributed by atoms with van der Waals surface area (Å²) in [7, 11) is -2.92. The third-order valence-electron chi connectivity index (χ3n) is 4.11. The number of hydrogen-bond donors (Lipinski definition) is 1. The van der Waals surface area contributed by atoms with Gasteiger partial charge in [-0.3, -0.25) is 4.79 Å². The number of amides is 1. The van der Waals surface area contributed by atoms with Crippen LogP contribution in [-0.2, 0) is 9.84 Å². The largest absolute Gasteiger partial charge is 0.352 e. The molecule has 0 saturated carbocycles. The summed E-state index contributed by atoms with van der Waals surface area (Å²) < 4.78 is 24.6. The maximum Gasteiger partial charge on any atom is 0.252 e. The fourth-order valence-electron chi connectivity index (χ4n) is 2.88. The van der Waals surface area contributed by atoms with Crippen molar-refractivity contribution in [3.63, 3.8) is 0 Å². The fraction of sp³-hybridized carbons (Fsp3) is 0.438. The third-order valence-corrected chi connectivity index (χ3v) is 5.95. The van der Waals surface area contributed by atoms with Crippen LogP contribution in [-0.4, -0.2) is 47.1 Å². The van der Waals surface area contributed by atoms with E-state index in [1.54, 1.807) is 16.8 Å².